The molecule has 1 fully saturated rings. The minimum atomic E-state index is -0.227. The Bertz CT molecular complexity index is 4070. The molecule has 0 atom stereocenters. The molecule has 0 spiro atoms. The summed E-state index contributed by atoms with van der Waals surface area (Å²) in [5.41, 5.74) is 26.4. The SMILES string of the molecule is CC1(C)c2ccccc2C(C)(C)c2cc(N3c4cc5c(cc4B4c6ccc7c(sc8ccccc87)c6N(c6ccccc6-c6ccccc6)c6cc(C7CCCCC7)cc3c64)C(C)(C)c3ccccc3C5(C)C)ccc21. The monoisotopic (exact) mass is 1000 g/mol. The van der Waals surface area contributed by atoms with Crippen LogP contribution in [0.1, 0.15) is 143 Å². The third-order valence-corrected chi connectivity index (χ3v) is 20.7. The van der Waals surface area contributed by atoms with E-state index in [4.69, 9.17) is 0 Å². The number of thiophene rings is 1. The average Bonchev–Trinajstić information content (AvgIpc) is 3.97. The van der Waals surface area contributed by atoms with Crippen molar-refractivity contribution in [3.05, 3.63) is 232 Å². The lowest BCUT2D eigenvalue weighted by Gasteiger charge is -2.49. The van der Waals surface area contributed by atoms with Crippen LogP contribution < -0.4 is 26.2 Å². The summed E-state index contributed by atoms with van der Waals surface area (Å²) in [4.78, 5) is 5.51. The molecule has 10 aromatic rings. The molecule has 2 nitrogen and oxygen atoms in total. The van der Waals surface area contributed by atoms with Gasteiger partial charge in [-0.25, -0.2) is 0 Å². The first-order valence-corrected chi connectivity index (χ1v) is 29.0. The van der Waals surface area contributed by atoms with Crippen LogP contribution in [-0.4, -0.2) is 6.71 Å². The minimum absolute atomic E-state index is 0.0253. The van der Waals surface area contributed by atoms with Gasteiger partial charge >= 0.3 is 0 Å². The first-order valence-electron chi connectivity index (χ1n) is 28.1. The summed E-state index contributed by atoms with van der Waals surface area (Å²) in [7, 11) is 0. The zero-order valence-electron chi connectivity index (χ0n) is 45.3. The molecule has 3 heterocycles. The molecule has 1 saturated carbocycles. The van der Waals surface area contributed by atoms with E-state index in [1.807, 2.05) is 11.3 Å². The Balaban J connectivity index is 1.09. The van der Waals surface area contributed by atoms with Crippen LogP contribution in [0.25, 0.3) is 31.3 Å². The van der Waals surface area contributed by atoms with Crippen molar-refractivity contribution >= 4 is 88.7 Å². The second-order valence-corrected chi connectivity index (χ2v) is 26.1. The number of para-hydroxylation sites is 1. The maximum Gasteiger partial charge on any atom is 0.252 e. The smallest absolute Gasteiger partial charge is 0.252 e. The zero-order valence-corrected chi connectivity index (χ0v) is 46.1. The molecule has 0 saturated heterocycles. The van der Waals surface area contributed by atoms with Crippen molar-refractivity contribution in [1.82, 2.24) is 0 Å². The van der Waals surface area contributed by atoms with Gasteiger partial charge in [0.1, 0.15) is 0 Å². The average molecular weight is 1000 g/mol. The first kappa shape index (κ1) is 46.2. The topological polar surface area (TPSA) is 6.48 Å². The van der Waals surface area contributed by atoms with E-state index < -0.39 is 0 Å². The second kappa shape index (κ2) is 16.2. The van der Waals surface area contributed by atoms with Gasteiger partial charge in [0.05, 0.1) is 16.1 Å². The quantitative estimate of drug-likeness (QED) is 0.162. The van der Waals surface area contributed by atoms with Gasteiger partial charge in [-0.3, -0.25) is 0 Å². The normalized spacial score (nSPS) is 18.0. The zero-order chi connectivity index (χ0) is 51.6. The number of rotatable bonds is 4. The second-order valence-electron chi connectivity index (χ2n) is 25.1. The Kier molecular flexibility index (Phi) is 9.84. The molecule has 15 rings (SSSR count). The van der Waals surface area contributed by atoms with Crippen molar-refractivity contribution in [2.24, 2.45) is 0 Å². The fraction of sp³-hybridized carbons (Fsp3) is 0.250. The molecular weight excluding hydrogens is 936 g/mol. The fourth-order valence-corrected chi connectivity index (χ4v) is 16.8. The molecule has 76 heavy (non-hydrogen) atoms. The van der Waals surface area contributed by atoms with Crippen molar-refractivity contribution in [3.63, 3.8) is 0 Å². The molecular formula is C72H65BN2S. The molecule has 9 aromatic carbocycles. The predicted octanol–water partition coefficient (Wildman–Crippen LogP) is 17.8. The number of anilines is 6. The maximum absolute atomic E-state index is 2.76. The molecule has 0 bridgehead atoms. The molecule has 0 N–H and O–H groups in total. The summed E-state index contributed by atoms with van der Waals surface area (Å²) >= 11 is 1.97. The van der Waals surface area contributed by atoms with Gasteiger partial charge in [-0.1, -0.05) is 214 Å². The van der Waals surface area contributed by atoms with E-state index in [1.54, 1.807) is 0 Å². The highest BCUT2D eigenvalue weighted by atomic mass is 32.1. The molecule has 4 heteroatoms. The van der Waals surface area contributed by atoms with Crippen LogP contribution in [0.2, 0.25) is 0 Å². The molecule has 5 aliphatic rings. The number of hydrogen-bond donors (Lipinski definition) is 0. The van der Waals surface area contributed by atoms with E-state index in [2.05, 4.69) is 247 Å². The van der Waals surface area contributed by atoms with Crippen LogP contribution in [0.3, 0.4) is 0 Å². The van der Waals surface area contributed by atoms with Crippen LogP contribution in [0.5, 0.6) is 0 Å². The molecule has 0 radical (unpaired) electrons. The third kappa shape index (κ3) is 6.28. The van der Waals surface area contributed by atoms with E-state index >= 15 is 0 Å². The summed E-state index contributed by atoms with van der Waals surface area (Å²) in [5.74, 6) is 0.476. The highest BCUT2D eigenvalue weighted by molar-refractivity contribution is 7.26. The van der Waals surface area contributed by atoms with Crippen molar-refractivity contribution < 1.29 is 0 Å². The number of hydrogen-bond acceptors (Lipinski definition) is 3. The van der Waals surface area contributed by atoms with Crippen LogP contribution in [0, 0.1) is 0 Å². The summed E-state index contributed by atoms with van der Waals surface area (Å²) in [6.45, 7) is 19.7. The van der Waals surface area contributed by atoms with Crippen LogP contribution in [-0.2, 0) is 21.7 Å². The van der Waals surface area contributed by atoms with Gasteiger partial charge in [0.2, 0.25) is 0 Å². The Morgan fingerprint density at radius 1 is 0.421 bits per heavy atom. The van der Waals surface area contributed by atoms with E-state index in [-0.39, 0.29) is 28.4 Å². The summed E-state index contributed by atoms with van der Waals surface area (Å²) < 4.78 is 2.69. The lowest BCUT2D eigenvalue weighted by atomic mass is 9.33. The third-order valence-electron chi connectivity index (χ3n) is 19.5. The van der Waals surface area contributed by atoms with Gasteiger partial charge < -0.3 is 9.80 Å². The Morgan fingerprint density at radius 3 is 1.66 bits per heavy atom. The Morgan fingerprint density at radius 2 is 0.974 bits per heavy atom. The van der Waals surface area contributed by atoms with E-state index in [0.717, 1.165) is 0 Å². The number of nitrogens with zero attached hydrogens (tertiary/aromatic N) is 2. The Labute approximate surface area is 454 Å². The molecule has 0 amide bonds. The van der Waals surface area contributed by atoms with Gasteiger partial charge in [-0.2, -0.15) is 0 Å². The van der Waals surface area contributed by atoms with Gasteiger partial charge in [-0.05, 0) is 133 Å². The summed E-state index contributed by atoms with van der Waals surface area (Å²) in [6, 6.07) is 71.3. The lowest BCUT2D eigenvalue weighted by Crippen LogP contribution is -2.62. The highest BCUT2D eigenvalue weighted by Crippen LogP contribution is 2.57. The van der Waals surface area contributed by atoms with Crippen molar-refractivity contribution in [3.8, 4) is 11.1 Å². The van der Waals surface area contributed by atoms with Crippen molar-refractivity contribution in [1.29, 1.82) is 0 Å². The van der Waals surface area contributed by atoms with Gasteiger partial charge in [-0.15, -0.1) is 11.3 Å². The number of fused-ring (bicyclic) bond motifs is 12. The molecule has 1 aromatic heterocycles. The van der Waals surface area contributed by atoms with E-state index in [1.165, 1.54) is 164 Å². The lowest BCUT2D eigenvalue weighted by molar-refractivity contribution is 0.444. The van der Waals surface area contributed by atoms with Crippen LogP contribution in [0.15, 0.2) is 182 Å². The molecule has 372 valence electrons. The van der Waals surface area contributed by atoms with Gasteiger partial charge in [0, 0.05) is 65.4 Å². The summed E-state index contributed by atoms with van der Waals surface area (Å²) in [5, 5.41) is 2.66. The van der Waals surface area contributed by atoms with Crippen LogP contribution in [0.4, 0.5) is 34.1 Å². The summed E-state index contributed by atoms with van der Waals surface area (Å²) in [6.07, 6.45) is 6.29. The largest absolute Gasteiger partial charge is 0.311 e. The van der Waals surface area contributed by atoms with Crippen molar-refractivity contribution in [2.75, 3.05) is 9.80 Å². The standard InChI is InChI=1S/C72H65BN2S/c1-69(2)51-29-17-18-30-52(51)70(3,4)56-41-47(35-37-55(56)69)74-62-43-58-57(71(5,6)53-31-19-20-32-54(53)72(58,7)8)42-60(62)73-59-38-36-50-49-28-16-22-34-65(49)76-68(50)67(59)75(61-33-21-15-27-48(61)45-25-13-10-14-26-45)64-40-46(39-63(74)66(64)73)44-23-11-9-12-24-44/h10,13-22,25-44H,9,11-12,23-24H2,1-8H3. The maximum atomic E-state index is 2.76. The van der Waals surface area contributed by atoms with E-state index in [9.17, 15) is 0 Å². The van der Waals surface area contributed by atoms with E-state index in [0.29, 0.717) is 5.92 Å². The number of benzene rings is 9. The molecule has 0 unspecified atom stereocenters. The van der Waals surface area contributed by atoms with Gasteiger partial charge in [0.15, 0.2) is 0 Å². The predicted molar refractivity (Wildman–Crippen MR) is 326 cm³/mol. The van der Waals surface area contributed by atoms with Crippen molar-refractivity contribution in [2.45, 2.75) is 115 Å². The van der Waals surface area contributed by atoms with Gasteiger partial charge in [0.25, 0.3) is 6.71 Å². The van der Waals surface area contributed by atoms with Crippen LogP contribution >= 0.6 is 11.3 Å². The molecule has 3 aliphatic carbocycles. The Hall–Kier alpha value is -7.14. The first-order chi connectivity index (χ1) is 36.7. The molecule has 2 aliphatic heterocycles. The minimum Gasteiger partial charge on any atom is -0.311 e. The fourth-order valence-electron chi connectivity index (χ4n) is 15.5. The highest BCUT2D eigenvalue weighted by Gasteiger charge is 2.50.